The largest absolute Gasteiger partial charge is 0.381 e. The van der Waals surface area contributed by atoms with Crippen LogP contribution in [-0.2, 0) is 11.3 Å². The zero-order valence-corrected chi connectivity index (χ0v) is 17.8. The van der Waals surface area contributed by atoms with Crippen LogP contribution in [-0.4, -0.2) is 31.0 Å². The number of nitrogens with zero attached hydrogens (tertiary/aromatic N) is 2. The minimum atomic E-state index is 0.0910. The van der Waals surface area contributed by atoms with Gasteiger partial charge >= 0.3 is 0 Å². The van der Waals surface area contributed by atoms with Crippen LogP contribution in [0.4, 0.5) is 0 Å². The first-order chi connectivity index (χ1) is 15.2. The van der Waals surface area contributed by atoms with Gasteiger partial charge in [0.05, 0.1) is 12.6 Å². The number of hydrogen-bond acceptors (Lipinski definition) is 6. The molecule has 1 aromatic heterocycles. The van der Waals surface area contributed by atoms with Crippen molar-refractivity contribution in [2.75, 3.05) is 19.8 Å². The van der Waals surface area contributed by atoms with Gasteiger partial charge in [-0.25, -0.2) is 0 Å². The Balaban J connectivity index is 1.41. The van der Waals surface area contributed by atoms with E-state index in [2.05, 4.69) is 52.2 Å². The number of nitriles is 1. The van der Waals surface area contributed by atoms with E-state index in [9.17, 15) is 0 Å². The lowest BCUT2D eigenvalue weighted by Crippen LogP contribution is -2.34. The van der Waals surface area contributed by atoms with E-state index < -0.39 is 0 Å². The molecule has 0 spiro atoms. The summed E-state index contributed by atoms with van der Waals surface area (Å²) in [6.07, 6.45) is 2.15. The van der Waals surface area contributed by atoms with E-state index in [0.29, 0.717) is 12.6 Å². The van der Waals surface area contributed by atoms with Crippen LogP contribution in [0.1, 0.15) is 36.9 Å². The summed E-state index contributed by atoms with van der Waals surface area (Å²) in [6, 6.07) is 21.3. The molecule has 0 bridgehead atoms. The van der Waals surface area contributed by atoms with E-state index in [-0.39, 0.29) is 6.04 Å². The van der Waals surface area contributed by atoms with Crippen molar-refractivity contribution in [3.05, 3.63) is 65.7 Å². The summed E-state index contributed by atoms with van der Waals surface area (Å²) in [6.45, 7) is 4.92. The summed E-state index contributed by atoms with van der Waals surface area (Å²) >= 11 is 0. The highest BCUT2D eigenvalue weighted by Gasteiger charge is 2.14. The number of aromatic nitrogens is 1. The van der Waals surface area contributed by atoms with Crippen molar-refractivity contribution in [1.29, 1.82) is 5.26 Å². The van der Waals surface area contributed by atoms with Gasteiger partial charge in [0, 0.05) is 49.0 Å². The maximum atomic E-state index is 8.77. The van der Waals surface area contributed by atoms with Crippen LogP contribution < -0.4 is 10.6 Å². The van der Waals surface area contributed by atoms with Crippen LogP contribution in [0.15, 0.2) is 59.1 Å². The van der Waals surface area contributed by atoms with Crippen LogP contribution in [0, 0.1) is 11.3 Å². The van der Waals surface area contributed by atoms with Gasteiger partial charge < -0.3 is 14.6 Å². The highest BCUT2D eigenvalue weighted by atomic mass is 16.5. The third-order valence-electron chi connectivity index (χ3n) is 5.73. The Morgan fingerprint density at radius 3 is 2.68 bits per heavy atom. The smallest absolute Gasteiger partial charge is 0.167 e. The average molecular weight is 417 g/mol. The Kier molecular flexibility index (Phi) is 7.11. The molecule has 0 amide bonds. The minimum absolute atomic E-state index is 0.0910. The Hall–Kier alpha value is -2.98. The molecule has 2 aromatic carbocycles. The average Bonchev–Trinajstić information content (AvgIpc) is 3.33. The molecule has 160 valence electrons. The van der Waals surface area contributed by atoms with Gasteiger partial charge in [-0.15, -0.1) is 0 Å². The van der Waals surface area contributed by atoms with Gasteiger partial charge in [-0.1, -0.05) is 47.6 Å². The minimum Gasteiger partial charge on any atom is -0.381 e. The van der Waals surface area contributed by atoms with Gasteiger partial charge in [0.15, 0.2) is 5.76 Å². The highest BCUT2D eigenvalue weighted by Crippen LogP contribution is 2.28. The van der Waals surface area contributed by atoms with E-state index >= 15 is 0 Å². The molecule has 6 nitrogen and oxygen atoms in total. The highest BCUT2D eigenvalue weighted by molar-refractivity contribution is 5.67. The molecule has 4 rings (SSSR count). The van der Waals surface area contributed by atoms with Crippen molar-refractivity contribution in [3.63, 3.8) is 0 Å². The molecule has 1 unspecified atom stereocenters. The van der Waals surface area contributed by atoms with Crippen molar-refractivity contribution >= 4 is 0 Å². The molecule has 2 N–H and O–H groups in total. The zero-order chi connectivity index (χ0) is 21.5. The predicted molar refractivity (Wildman–Crippen MR) is 120 cm³/mol. The third-order valence-corrected chi connectivity index (χ3v) is 5.73. The lowest BCUT2D eigenvalue weighted by Gasteiger charge is -2.23. The lowest BCUT2D eigenvalue weighted by atomic mass is 10.0. The lowest BCUT2D eigenvalue weighted by molar-refractivity contribution is 0.0776. The Morgan fingerprint density at radius 1 is 1.10 bits per heavy atom. The molecule has 2 heterocycles. The van der Waals surface area contributed by atoms with Gasteiger partial charge in [0.25, 0.3) is 0 Å². The van der Waals surface area contributed by atoms with Crippen LogP contribution in [0.2, 0.25) is 0 Å². The number of nitrogens with one attached hydrogen (secondary N) is 2. The van der Waals surface area contributed by atoms with Crippen molar-refractivity contribution < 1.29 is 9.26 Å². The summed E-state index contributed by atoms with van der Waals surface area (Å²) in [5.74, 6) is 0.750. The van der Waals surface area contributed by atoms with Gasteiger partial charge in [-0.2, -0.15) is 5.26 Å². The van der Waals surface area contributed by atoms with E-state index in [1.165, 1.54) is 5.56 Å². The maximum Gasteiger partial charge on any atom is 0.167 e. The molecule has 1 saturated heterocycles. The number of ether oxygens (including phenoxy) is 1. The summed E-state index contributed by atoms with van der Waals surface area (Å²) in [7, 11) is 0. The monoisotopic (exact) mass is 416 g/mol. The van der Waals surface area contributed by atoms with Crippen LogP contribution in [0.3, 0.4) is 0 Å². The predicted octanol–water partition coefficient (Wildman–Crippen LogP) is 4.45. The molecule has 1 fully saturated rings. The molecule has 6 heteroatoms. The van der Waals surface area contributed by atoms with Crippen LogP contribution in [0.25, 0.3) is 22.6 Å². The summed E-state index contributed by atoms with van der Waals surface area (Å²) in [4.78, 5) is 0. The molecular formula is C25H28N4O2. The first-order valence-electron chi connectivity index (χ1n) is 10.8. The van der Waals surface area contributed by atoms with Gasteiger partial charge in [0.2, 0.25) is 0 Å². The maximum absolute atomic E-state index is 8.77. The van der Waals surface area contributed by atoms with Crippen molar-refractivity contribution in [3.8, 4) is 28.7 Å². The van der Waals surface area contributed by atoms with E-state index in [1.807, 2.05) is 31.2 Å². The molecule has 1 aliphatic heterocycles. The van der Waals surface area contributed by atoms with Crippen molar-refractivity contribution in [2.45, 2.75) is 38.4 Å². The van der Waals surface area contributed by atoms with Gasteiger partial charge in [-0.3, -0.25) is 5.32 Å². The summed E-state index contributed by atoms with van der Waals surface area (Å²) in [5.41, 5.74) is 5.17. The molecule has 1 atom stereocenters. The normalized spacial score (nSPS) is 15.5. The second kappa shape index (κ2) is 10.4. The van der Waals surface area contributed by atoms with Crippen molar-refractivity contribution in [1.82, 2.24) is 15.8 Å². The Labute approximate surface area is 183 Å². The first-order valence-corrected chi connectivity index (χ1v) is 10.8. The van der Waals surface area contributed by atoms with E-state index in [0.717, 1.165) is 60.7 Å². The second-order valence-corrected chi connectivity index (χ2v) is 7.93. The standard InChI is InChI=1S/C25H28N4O2/c1-18(27-12-11-26)21-3-2-4-22(15-21)24-16-25(31-29-24)20-7-5-19(6-8-20)17-28-23-9-13-30-14-10-23/h2-8,15-16,18,23,27-28H,9-10,12-14,17H2,1H3. The number of rotatable bonds is 8. The van der Waals surface area contributed by atoms with E-state index in [4.69, 9.17) is 14.5 Å². The summed E-state index contributed by atoms with van der Waals surface area (Å²) < 4.78 is 11.0. The Morgan fingerprint density at radius 2 is 1.90 bits per heavy atom. The van der Waals surface area contributed by atoms with Crippen LogP contribution in [0.5, 0.6) is 0 Å². The van der Waals surface area contributed by atoms with Crippen LogP contribution >= 0.6 is 0 Å². The van der Waals surface area contributed by atoms with Crippen molar-refractivity contribution in [2.24, 2.45) is 0 Å². The number of hydrogen-bond donors (Lipinski definition) is 2. The molecule has 1 aliphatic rings. The summed E-state index contributed by atoms with van der Waals surface area (Å²) in [5, 5.41) is 19.8. The Bertz CT molecular complexity index is 1020. The van der Waals surface area contributed by atoms with Gasteiger partial charge in [-0.05, 0) is 37.0 Å². The molecule has 0 aliphatic carbocycles. The molecule has 31 heavy (non-hydrogen) atoms. The fourth-order valence-corrected chi connectivity index (χ4v) is 3.78. The SMILES string of the molecule is CC(NCC#N)c1cccc(-c2cc(-c3ccc(CNC4CCOCC4)cc3)on2)c1. The number of benzene rings is 2. The molecule has 0 saturated carbocycles. The molecule has 3 aromatic rings. The topological polar surface area (TPSA) is 83.1 Å². The first kappa shape index (κ1) is 21.3. The van der Waals surface area contributed by atoms with E-state index in [1.54, 1.807) is 0 Å². The fraction of sp³-hybridized carbons (Fsp3) is 0.360. The molecule has 0 radical (unpaired) electrons. The zero-order valence-electron chi connectivity index (χ0n) is 17.8. The second-order valence-electron chi connectivity index (χ2n) is 7.93. The fourth-order valence-electron chi connectivity index (χ4n) is 3.78. The van der Waals surface area contributed by atoms with Gasteiger partial charge in [0.1, 0.15) is 5.69 Å². The third kappa shape index (κ3) is 5.59. The molecular weight excluding hydrogens is 388 g/mol. The quantitative estimate of drug-likeness (QED) is 0.528.